The van der Waals surface area contributed by atoms with E-state index in [1.165, 1.54) is 5.56 Å². The first kappa shape index (κ1) is 22.0. The van der Waals surface area contributed by atoms with E-state index in [-0.39, 0.29) is 11.8 Å². The molecule has 0 saturated carbocycles. The van der Waals surface area contributed by atoms with E-state index in [9.17, 15) is 9.59 Å². The summed E-state index contributed by atoms with van der Waals surface area (Å²) in [5, 5.41) is 9.56. The number of aromatic nitrogens is 2. The number of hydrogen-bond acceptors (Lipinski definition) is 5. The van der Waals surface area contributed by atoms with E-state index >= 15 is 0 Å². The molecule has 1 saturated heterocycles. The highest BCUT2D eigenvalue weighted by Gasteiger charge is 2.23. The molecule has 0 radical (unpaired) electrons. The fourth-order valence-electron chi connectivity index (χ4n) is 3.58. The van der Waals surface area contributed by atoms with Crippen molar-refractivity contribution in [1.29, 1.82) is 0 Å². The van der Waals surface area contributed by atoms with Gasteiger partial charge in [-0.2, -0.15) is 0 Å². The lowest BCUT2D eigenvalue weighted by molar-refractivity contribution is -0.130. The van der Waals surface area contributed by atoms with Crippen molar-refractivity contribution in [3.8, 4) is 11.3 Å². The topological polar surface area (TPSA) is 66.4 Å². The van der Waals surface area contributed by atoms with Crippen LogP contribution in [-0.2, 0) is 10.5 Å². The minimum atomic E-state index is 0.0185. The van der Waals surface area contributed by atoms with Crippen molar-refractivity contribution >= 4 is 23.6 Å². The molecular formula is C25H26N4O2S. The Labute approximate surface area is 192 Å². The smallest absolute Gasteiger partial charge is 0.253 e. The molecule has 2 amide bonds. The van der Waals surface area contributed by atoms with E-state index < -0.39 is 0 Å². The van der Waals surface area contributed by atoms with E-state index in [1.807, 2.05) is 41.3 Å². The zero-order chi connectivity index (χ0) is 22.5. The molecule has 1 aromatic heterocycles. The highest BCUT2D eigenvalue weighted by molar-refractivity contribution is 7.98. The number of amides is 2. The van der Waals surface area contributed by atoms with E-state index in [4.69, 9.17) is 0 Å². The van der Waals surface area contributed by atoms with Crippen molar-refractivity contribution in [2.75, 3.05) is 26.2 Å². The van der Waals surface area contributed by atoms with Gasteiger partial charge in [0.05, 0.1) is 5.69 Å². The SMILES string of the molecule is CC(=O)N1CCN(C(=O)c2ccc(CSc3ccc(-c4ccc(C)cc4)nn3)cc2)CC1. The molecule has 0 aliphatic carbocycles. The lowest BCUT2D eigenvalue weighted by Gasteiger charge is -2.34. The first-order valence-electron chi connectivity index (χ1n) is 10.7. The zero-order valence-electron chi connectivity index (χ0n) is 18.3. The second kappa shape index (κ2) is 9.96. The maximum atomic E-state index is 12.7. The molecule has 0 N–H and O–H groups in total. The van der Waals surface area contributed by atoms with Crippen LogP contribution in [0.5, 0.6) is 0 Å². The number of carbonyl (C=O) groups is 2. The number of hydrogen-bond donors (Lipinski definition) is 0. The first-order valence-corrected chi connectivity index (χ1v) is 11.7. The molecule has 0 unspecified atom stereocenters. The number of nitrogens with zero attached hydrogens (tertiary/aromatic N) is 4. The Morgan fingerprint density at radius 1 is 0.844 bits per heavy atom. The van der Waals surface area contributed by atoms with Crippen molar-refractivity contribution in [1.82, 2.24) is 20.0 Å². The summed E-state index contributed by atoms with van der Waals surface area (Å²) in [6.07, 6.45) is 0. The molecule has 2 aromatic carbocycles. The Kier molecular flexibility index (Phi) is 6.85. The summed E-state index contributed by atoms with van der Waals surface area (Å²) in [4.78, 5) is 27.8. The van der Waals surface area contributed by atoms with Crippen LogP contribution < -0.4 is 0 Å². The summed E-state index contributed by atoms with van der Waals surface area (Å²) in [5.74, 6) is 0.836. The quantitative estimate of drug-likeness (QED) is 0.553. The maximum absolute atomic E-state index is 12.7. The number of piperazine rings is 1. The second-order valence-corrected chi connectivity index (χ2v) is 8.90. The van der Waals surface area contributed by atoms with E-state index in [0.717, 1.165) is 27.6 Å². The molecule has 6 nitrogen and oxygen atoms in total. The number of carbonyl (C=O) groups excluding carboxylic acids is 2. The third-order valence-corrected chi connectivity index (χ3v) is 6.58. The third kappa shape index (κ3) is 5.34. The highest BCUT2D eigenvalue weighted by Crippen LogP contribution is 2.23. The maximum Gasteiger partial charge on any atom is 0.253 e. The number of rotatable bonds is 5. The molecule has 7 heteroatoms. The standard InChI is InChI=1S/C25H26N4O2S/c1-18-3-7-21(8-4-18)23-11-12-24(27-26-23)32-17-20-5-9-22(10-6-20)25(31)29-15-13-28(14-16-29)19(2)30/h3-12H,13-17H2,1-2H3. The Balaban J connectivity index is 1.30. The Morgan fingerprint density at radius 3 is 2.09 bits per heavy atom. The fraction of sp³-hybridized carbons (Fsp3) is 0.280. The number of aryl methyl sites for hydroxylation is 1. The van der Waals surface area contributed by atoms with Gasteiger partial charge in [-0.3, -0.25) is 9.59 Å². The molecule has 0 bridgehead atoms. The average molecular weight is 447 g/mol. The lowest BCUT2D eigenvalue weighted by Crippen LogP contribution is -2.50. The summed E-state index contributed by atoms with van der Waals surface area (Å²) < 4.78 is 0. The predicted molar refractivity (Wildman–Crippen MR) is 126 cm³/mol. The van der Waals surface area contributed by atoms with E-state index in [2.05, 4.69) is 41.4 Å². The minimum Gasteiger partial charge on any atom is -0.339 e. The monoisotopic (exact) mass is 446 g/mol. The third-order valence-electron chi connectivity index (χ3n) is 5.59. The van der Waals surface area contributed by atoms with Crippen LogP contribution in [0.4, 0.5) is 0 Å². The Hall–Kier alpha value is -3.19. The minimum absolute atomic E-state index is 0.0185. The van der Waals surface area contributed by atoms with Gasteiger partial charge in [0.2, 0.25) is 5.91 Å². The summed E-state index contributed by atoms with van der Waals surface area (Å²) in [5.41, 5.74) is 4.94. The molecule has 1 fully saturated rings. The van der Waals surface area contributed by atoms with Crippen LogP contribution in [0, 0.1) is 6.92 Å². The van der Waals surface area contributed by atoms with Crippen molar-refractivity contribution in [2.24, 2.45) is 0 Å². The van der Waals surface area contributed by atoms with Gasteiger partial charge in [-0.1, -0.05) is 53.7 Å². The van der Waals surface area contributed by atoms with Crippen LogP contribution >= 0.6 is 11.8 Å². The summed E-state index contributed by atoms with van der Waals surface area (Å²) in [7, 11) is 0. The van der Waals surface area contributed by atoms with Gasteiger partial charge in [0.15, 0.2) is 0 Å². The summed E-state index contributed by atoms with van der Waals surface area (Å²) in [6, 6.07) is 20.0. The largest absolute Gasteiger partial charge is 0.339 e. The molecular weight excluding hydrogens is 420 g/mol. The van der Waals surface area contributed by atoms with Crippen molar-refractivity contribution < 1.29 is 9.59 Å². The fourth-order valence-corrected chi connectivity index (χ4v) is 4.35. The van der Waals surface area contributed by atoms with Crippen LogP contribution in [0.2, 0.25) is 0 Å². The molecule has 4 rings (SSSR count). The van der Waals surface area contributed by atoms with Gasteiger partial charge in [-0.05, 0) is 36.8 Å². The molecule has 2 heterocycles. The van der Waals surface area contributed by atoms with Gasteiger partial charge in [-0.25, -0.2) is 0 Å². The molecule has 1 aliphatic heterocycles. The van der Waals surface area contributed by atoms with Gasteiger partial charge < -0.3 is 9.80 Å². The van der Waals surface area contributed by atoms with Crippen LogP contribution in [0.25, 0.3) is 11.3 Å². The molecule has 3 aromatic rings. The second-order valence-electron chi connectivity index (χ2n) is 7.91. The number of thioether (sulfide) groups is 1. The van der Waals surface area contributed by atoms with Crippen LogP contribution in [0.3, 0.4) is 0 Å². The van der Waals surface area contributed by atoms with Crippen LogP contribution in [0.15, 0.2) is 65.7 Å². The number of benzene rings is 2. The average Bonchev–Trinajstić information content (AvgIpc) is 2.83. The van der Waals surface area contributed by atoms with Gasteiger partial charge in [0, 0.05) is 50.0 Å². The van der Waals surface area contributed by atoms with Gasteiger partial charge in [-0.15, -0.1) is 10.2 Å². The highest BCUT2D eigenvalue weighted by atomic mass is 32.2. The first-order chi connectivity index (χ1) is 15.5. The zero-order valence-corrected chi connectivity index (χ0v) is 19.1. The Morgan fingerprint density at radius 2 is 1.50 bits per heavy atom. The van der Waals surface area contributed by atoms with Gasteiger partial charge >= 0.3 is 0 Å². The van der Waals surface area contributed by atoms with Crippen LogP contribution in [-0.4, -0.2) is 58.0 Å². The van der Waals surface area contributed by atoms with Crippen LogP contribution in [0.1, 0.15) is 28.4 Å². The Bertz CT molecular complexity index is 1070. The predicted octanol–water partition coefficient (Wildman–Crippen LogP) is 4.05. The van der Waals surface area contributed by atoms with Gasteiger partial charge in [0.1, 0.15) is 5.03 Å². The normalized spacial score (nSPS) is 13.8. The lowest BCUT2D eigenvalue weighted by atomic mass is 10.1. The summed E-state index contributed by atoms with van der Waals surface area (Å²) >= 11 is 1.62. The van der Waals surface area contributed by atoms with Crippen molar-refractivity contribution in [3.63, 3.8) is 0 Å². The molecule has 0 spiro atoms. The van der Waals surface area contributed by atoms with Gasteiger partial charge in [0.25, 0.3) is 5.91 Å². The van der Waals surface area contributed by atoms with Crippen molar-refractivity contribution in [2.45, 2.75) is 24.6 Å². The van der Waals surface area contributed by atoms with E-state index in [0.29, 0.717) is 31.7 Å². The van der Waals surface area contributed by atoms with E-state index in [1.54, 1.807) is 23.6 Å². The molecule has 164 valence electrons. The molecule has 0 atom stereocenters. The van der Waals surface area contributed by atoms with Crippen molar-refractivity contribution in [3.05, 3.63) is 77.4 Å². The molecule has 1 aliphatic rings. The molecule has 32 heavy (non-hydrogen) atoms. The summed E-state index contributed by atoms with van der Waals surface area (Å²) in [6.45, 7) is 5.98.